The first-order valence-electron chi connectivity index (χ1n) is 9.29. The van der Waals surface area contributed by atoms with Gasteiger partial charge in [0.25, 0.3) is 0 Å². The molecule has 0 amide bonds. The summed E-state index contributed by atoms with van der Waals surface area (Å²) in [5.74, 6) is 0.973. The van der Waals surface area contributed by atoms with Gasteiger partial charge in [-0.05, 0) is 42.4 Å². The van der Waals surface area contributed by atoms with Crippen LogP contribution in [0.15, 0.2) is 41.9 Å². The third kappa shape index (κ3) is 5.25. The lowest BCUT2D eigenvalue weighted by atomic mass is 9.87. The van der Waals surface area contributed by atoms with Gasteiger partial charge in [0.2, 0.25) is 0 Å². The molecule has 0 bridgehead atoms. The van der Waals surface area contributed by atoms with Crippen LogP contribution in [-0.2, 0) is 12.0 Å². The van der Waals surface area contributed by atoms with E-state index in [9.17, 15) is 5.11 Å². The molecular weight excluding hydrogens is 326 g/mol. The van der Waals surface area contributed by atoms with Crippen LogP contribution in [0.3, 0.4) is 0 Å². The van der Waals surface area contributed by atoms with Crippen LogP contribution in [0, 0.1) is 0 Å². The molecule has 6 nitrogen and oxygen atoms in total. The van der Waals surface area contributed by atoms with Crippen LogP contribution in [0.1, 0.15) is 45.6 Å². The molecule has 3 N–H and O–H groups in total. The third-order valence-corrected chi connectivity index (χ3v) is 4.44. The summed E-state index contributed by atoms with van der Waals surface area (Å²) in [6, 6.07) is 6.21. The van der Waals surface area contributed by atoms with Crippen LogP contribution in [0.5, 0.6) is 5.75 Å². The van der Waals surface area contributed by atoms with Crippen LogP contribution >= 0.6 is 0 Å². The lowest BCUT2D eigenvalue weighted by Gasteiger charge is -2.21. The van der Waals surface area contributed by atoms with E-state index in [1.807, 2.05) is 24.7 Å². The fourth-order valence-electron chi connectivity index (χ4n) is 2.64. The molecule has 1 aromatic carbocycles. The summed E-state index contributed by atoms with van der Waals surface area (Å²) in [7, 11) is 0. The van der Waals surface area contributed by atoms with Crippen molar-refractivity contribution in [2.75, 3.05) is 11.9 Å². The second kappa shape index (κ2) is 7.81. The highest BCUT2D eigenvalue weighted by Gasteiger charge is 2.23. The largest absolute Gasteiger partial charge is 0.506 e. The van der Waals surface area contributed by atoms with Crippen LogP contribution in [0.4, 0.5) is 5.69 Å². The fourth-order valence-corrected chi connectivity index (χ4v) is 2.64. The number of aliphatic imine (C=N–C) groups is 1. The minimum absolute atomic E-state index is 0.0240. The predicted molar refractivity (Wildman–Crippen MR) is 106 cm³/mol. The highest BCUT2D eigenvalue weighted by atomic mass is 16.3. The van der Waals surface area contributed by atoms with Gasteiger partial charge in [-0.2, -0.15) is 0 Å². The van der Waals surface area contributed by atoms with Gasteiger partial charge in [-0.3, -0.25) is 4.99 Å². The molecule has 1 fully saturated rings. The zero-order valence-electron chi connectivity index (χ0n) is 15.9. The molecule has 0 aliphatic heterocycles. The van der Waals surface area contributed by atoms with Gasteiger partial charge in [0.05, 0.1) is 12.0 Å². The van der Waals surface area contributed by atoms with Crippen molar-refractivity contribution in [3.63, 3.8) is 0 Å². The third-order valence-electron chi connectivity index (χ3n) is 4.44. The van der Waals surface area contributed by atoms with Crippen molar-refractivity contribution in [3.05, 3.63) is 42.5 Å². The molecule has 0 saturated heterocycles. The molecule has 140 valence electrons. The quantitative estimate of drug-likeness (QED) is 0.321. The molecule has 2 aromatic rings. The minimum atomic E-state index is 0.0240. The zero-order valence-corrected chi connectivity index (χ0v) is 15.9. The number of phenolic OH excluding ortho intramolecular Hbond substituents is 1. The molecule has 1 saturated carbocycles. The van der Waals surface area contributed by atoms with Crippen molar-refractivity contribution in [1.29, 1.82) is 0 Å². The number of benzene rings is 1. The van der Waals surface area contributed by atoms with Crippen LogP contribution in [0.2, 0.25) is 0 Å². The smallest absolute Gasteiger partial charge is 0.196 e. The topological polar surface area (TPSA) is 74.5 Å². The Morgan fingerprint density at radius 1 is 1.35 bits per heavy atom. The summed E-state index contributed by atoms with van der Waals surface area (Å²) in [6.45, 7) is 8.09. The van der Waals surface area contributed by atoms with Crippen molar-refractivity contribution in [3.8, 4) is 5.75 Å². The van der Waals surface area contributed by atoms with E-state index in [-0.39, 0.29) is 11.2 Å². The van der Waals surface area contributed by atoms with Gasteiger partial charge < -0.3 is 20.3 Å². The van der Waals surface area contributed by atoms with E-state index in [0.717, 1.165) is 18.9 Å². The fraction of sp³-hybridized carbons (Fsp3) is 0.500. The van der Waals surface area contributed by atoms with Gasteiger partial charge in [-0.15, -0.1) is 0 Å². The first kappa shape index (κ1) is 18.3. The molecule has 1 aromatic heterocycles. The Labute approximate surface area is 155 Å². The van der Waals surface area contributed by atoms with Gasteiger partial charge in [-0.25, -0.2) is 4.98 Å². The van der Waals surface area contributed by atoms with E-state index in [2.05, 4.69) is 45.9 Å². The molecule has 0 radical (unpaired) electrons. The van der Waals surface area contributed by atoms with E-state index >= 15 is 0 Å². The lowest BCUT2D eigenvalue weighted by Crippen LogP contribution is -2.33. The maximum Gasteiger partial charge on any atom is 0.196 e. The Morgan fingerprint density at radius 2 is 2.15 bits per heavy atom. The molecule has 26 heavy (non-hydrogen) atoms. The summed E-state index contributed by atoms with van der Waals surface area (Å²) >= 11 is 0. The van der Waals surface area contributed by atoms with E-state index in [1.54, 1.807) is 12.3 Å². The molecule has 1 aliphatic rings. The number of nitrogens with zero attached hydrogens (tertiary/aromatic N) is 3. The number of hydrogen-bond donors (Lipinski definition) is 3. The number of guanidine groups is 1. The molecule has 0 unspecified atom stereocenters. The van der Waals surface area contributed by atoms with Crippen molar-refractivity contribution < 1.29 is 5.11 Å². The summed E-state index contributed by atoms with van der Waals surface area (Å²) in [6.07, 6.45) is 8.84. The summed E-state index contributed by atoms with van der Waals surface area (Å²) in [5, 5.41) is 17.0. The number of aromatic nitrogens is 2. The van der Waals surface area contributed by atoms with Crippen LogP contribution < -0.4 is 10.6 Å². The van der Waals surface area contributed by atoms with E-state index in [4.69, 9.17) is 0 Å². The predicted octanol–water partition coefficient (Wildman–Crippen LogP) is 3.50. The van der Waals surface area contributed by atoms with Crippen LogP contribution in [-0.4, -0.2) is 33.2 Å². The Morgan fingerprint density at radius 3 is 2.81 bits per heavy atom. The Bertz CT molecular complexity index is 742. The van der Waals surface area contributed by atoms with E-state index in [1.165, 1.54) is 18.4 Å². The monoisotopic (exact) mass is 355 g/mol. The SMILES string of the molecule is CC(C)(C)c1ccc(O)c(NC(=NCCCn2ccnc2)NC2CC2)c1. The molecular formula is C20H29N5O. The van der Waals surface area contributed by atoms with Crippen molar-refractivity contribution in [1.82, 2.24) is 14.9 Å². The zero-order chi connectivity index (χ0) is 18.6. The average molecular weight is 355 g/mol. The van der Waals surface area contributed by atoms with E-state index in [0.29, 0.717) is 18.3 Å². The maximum atomic E-state index is 10.2. The molecule has 6 heteroatoms. The number of aryl methyl sites for hydroxylation is 1. The van der Waals surface area contributed by atoms with Gasteiger partial charge >= 0.3 is 0 Å². The number of nitrogens with one attached hydrogen (secondary N) is 2. The van der Waals surface area contributed by atoms with Gasteiger partial charge in [-0.1, -0.05) is 26.8 Å². The first-order valence-corrected chi connectivity index (χ1v) is 9.29. The maximum absolute atomic E-state index is 10.2. The second-order valence-corrected chi connectivity index (χ2v) is 7.91. The lowest BCUT2D eigenvalue weighted by molar-refractivity contribution is 0.476. The van der Waals surface area contributed by atoms with Gasteiger partial charge in [0.1, 0.15) is 5.75 Å². The Balaban J connectivity index is 1.66. The average Bonchev–Trinajstić information content (AvgIpc) is 3.24. The number of hydrogen-bond acceptors (Lipinski definition) is 3. The standard InChI is InChI=1S/C20H29N5O/c1-20(2,3)15-5-8-18(26)17(13-15)24-19(23-16-6-7-16)22-9-4-11-25-12-10-21-14-25/h5,8,10,12-14,16,26H,4,6-7,9,11H2,1-3H3,(H2,22,23,24). The number of rotatable bonds is 6. The molecule has 1 heterocycles. The molecule has 0 spiro atoms. The summed E-state index contributed by atoms with van der Waals surface area (Å²) in [4.78, 5) is 8.73. The second-order valence-electron chi connectivity index (χ2n) is 7.91. The van der Waals surface area contributed by atoms with Crippen molar-refractivity contribution in [2.45, 2.75) is 58.0 Å². The number of aromatic hydroxyl groups is 1. The summed E-state index contributed by atoms with van der Waals surface area (Å²) in [5.41, 5.74) is 1.89. The van der Waals surface area contributed by atoms with Crippen molar-refractivity contribution >= 4 is 11.6 Å². The summed E-state index contributed by atoms with van der Waals surface area (Å²) < 4.78 is 2.05. The number of anilines is 1. The van der Waals surface area contributed by atoms with Gasteiger partial charge in [0, 0.05) is 31.5 Å². The van der Waals surface area contributed by atoms with Crippen molar-refractivity contribution in [2.24, 2.45) is 4.99 Å². The highest BCUT2D eigenvalue weighted by Crippen LogP contribution is 2.30. The molecule has 1 aliphatic carbocycles. The normalized spacial score (nSPS) is 15.1. The Kier molecular flexibility index (Phi) is 5.49. The molecule has 0 atom stereocenters. The van der Waals surface area contributed by atoms with Gasteiger partial charge in [0.15, 0.2) is 5.96 Å². The minimum Gasteiger partial charge on any atom is -0.506 e. The Hall–Kier alpha value is -2.50. The number of imidazole rings is 1. The first-order chi connectivity index (χ1) is 12.4. The highest BCUT2D eigenvalue weighted by molar-refractivity contribution is 5.95. The van der Waals surface area contributed by atoms with Crippen LogP contribution in [0.25, 0.3) is 0 Å². The number of phenols is 1. The van der Waals surface area contributed by atoms with E-state index < -0.39 is 0 Å². The molecule has 3 rings (SSSR count).